The molecule has 2 N–H and O–H groups in total. The Labute approximate surface area is 130 Å². The molecule has 21 heavy (non-hydrogen) atoms. The summed E-state index contributed by atoms with van der Waals surface area (Å²) in [5.41, 5.74) is 0.798. The number of urea groups is 1. The zero-order valence-corrected chi connectivity index (χ0v) is 13.8. The highest BCUT2D eigenvalue weighted by molar-refractivity contribution is 6.31. The van der Waals surface area contributed by atoms with Crippen molar-refractivity contribution in [3.05, 3.63) is 28.8 Å². The van der Waals surface area contributed by atoms with Crippen LogP contribution < -0.4 is 10.6 Å². The molecule has 0 aliphatic heterocycles. The molecule has 0 spiro atoms. The molecule has 0 saturated carbocycles. The number of rotatable bonds is 4. The number of anilines is 1. The minimum atomic E-state index is -0.355. The zero-order chi connectivity index (χ0) is 16.2. The number of nitrogens with zero attached hydrogens (tertiary/aromatic N) is 1. The zero-order valence-electron chi connectivity index (χ0n) is 13.0. The van der Waals surface area contributed by atoms with Gasteiger partial charge in [0.2, 0.25) is 0 Å². The molecule has 0 aromatic heterocycles. The van der Waals surface area contributed by atoms with E-state index in [1.54, 1.807) is 32.3 Å². The molecule has 0 bridgehead atoms. The predicted octanol–water partition coefficient (Wildman–Crippen LogP) is 3.21. The average Bonchev–Trinajstić information content (AvgIpc) is 2.37. The Morgan fingerprint density at radius 1 is 1.19 bits per heavy atom. The van der Waals surface area contributed by atoms with Gasteiger partial charge in [-0.15, -0.1) is 0 Å². The van der Waals surface area contributed by atoms with Crippen LogP contribution in [0.15, 0.2) is 18.2 Å². The maximum atomic E-state index is 12.1. The first-order valence-electron chi connectivity index (χ1n) is 6.81. The highest BCUT2D eigenvalue weighted by Crippen LogP contribution is 2.22. The summed E-state index contributed by atoms with van der Waals surface area (Å²) in [6.07, 6.45) is 0. The monoisotopic (exact) mass is 311 g/mol. The molecule has 1 rings (SSSR count). The van der Waals surface area contributed by atoms with E-state index < -0.39 is 0 Å². The molecule has 116 valence electrons. The second kappa shape index (κ2) is 7.31. The largest absolute Gasteiger partial charge is 0.345 e. The van der Waals surface area contributed by atoms with Gasteiger partial charge in [-0.1, -0.05) is 25.4 Å². The van der Waals surface area contributed by atoms with Gasteiger partial charge >= 0.3 is 6.03 Å². The van der Waals surface area contributed by atoms with Crippen LogP contribution in [0.1, 0.15) is 31.1 Å². The van der Waals surface area contributed by atoms with Crippen LogP contribution in [0.4, 0.5) is 10.5 Å². The summed E-state index contributed by atoms with van der Waals surface area (Å²) < 4.78 is 0. The van der Waals surface area contributed by atoms with Gasteiger partial charge in [0, 0.05) is 25.2 Å². The second-order valence-electron chi connectivity index (χ2n) is 5.52. The van der Waals surface area contributed by atoms with Gasteiger partial charge in [0.05, 0.1) is 11.3 Å². The first kappa shape index (κ1) is 17.3. The SMILES string of the molecule is CC(C)[C@H](C)NC(=O)Nc1cc(Cl)ccc1C(=O)N(C)C. The van der Waals surface area contributed by atoms with E-state index in [0.29, 0.717) is 22.2 Å². The van der Waals surface area contributed by atoms with Crippen LogP contribution in [0.3, 0.4) is 0 Å². The standard InChI is InChI=1S/C15H22ClN3O2/c1-9(2)10(3)17-15(21)18-13-8-11(16)6-7-12(13)14(20)19(4)5/h6-10H,1-5H3,(H2,17,18,21)/t10-/m0/s1. The molecule has 1 atom stereocenters. The van der Waals surface area contributed by atoms with Gasteiger partial charge in [0.15, 0.2) is 0 Å². The molecule has 0 aliphatic carbocycles. The number of carbonyl (C=O) groups is 2. The molecule has 0 saturated heterocycles. The van der Waals surface area contributed by atoms with Crippen LogP contribution in [0.5, 0.6) is 0 Å². The van der Waals surface area contributed by atoms with Gasteiger partial charge in [-0.2, -0.15) is 0 Å². The topological polar surface area (TPSA) is 61.4 Å². The van der Waals surface area contributed by atoms with Crippen molar-refractivity contribution >= 4 is 29.2 Å². The van der Waals surface area contributed by atoms with Crippen LogP contribution in [0.25, 0.3) is 0 Å². The van der Waals surface area contributed by atoms with Crippen LogP contribution in [-0.4, -0.2) is 37.0 Å². The number of halogens is 1. The van der Waals surface area contributed by atoms with Crippen molar-refractivity contribution in [1.29, 1.82) is 0 Å². The van der Waals surface area contributed by atoms with Crippen molar-refractivity contribution in [1.82, 2.24) is 10.2 Å². The lowest BCUT2D eigenvalue weighted by Gasteiger charge is -2.19. The third kappa shape index (κ3) is 4.93. The van der Waals surface area contributed by atoms with Crippen molar-refractivity contribution in [3.8, 4) is 0 Å². The Balaban J connectivity index is 2.94. The maximum absolute atomic E-state index is 12.1. The van der Waals surface area contributed by atoms with E-state index in [1.807, 2.05) is 20.8 Å². The second-order valence-corrected chi connectivity index (χ2v) is 5.96. The fourth-order valence-electron chi connectivity index (χ4n) is 1.58. The van der Waals surface area contributed by atoms with Crippen LogP contribution >= 0.6 is 11.6 Å². The van der Waals surface area contributed by atoms with Crippen molar-refractivity contribution < 1.29 is 9.59 Å². The highest BCUT2D eigenvalue weighted by atomic mass is 35.5. The van der Waals surface area contributed by atoms with Gasteiger partial charge < -0.3 is 15.5 Å². The Kier molecular flexibility index (Phi) is 6.03. The Morgan fingerprint density at radius 3 is 2.33 bits per heavy atom. The number of hydrogen-bond donors (Lipinski definition) is 2. The lowest BCUT2D eigenvalue weighted by Crippen LogP contribution is -2.39. The van der Waals surface area contributed by atoms with Crippen molar-refractivity contribution in [2.75, 3.05) is 19.4 Å². The molecule has 0 unspecified atom stereocenters. The smallest absolute Gasteiger partial charge is 0.319 e. The molecule has 5 nitrogen and oxygen atoms in total. The third-order valence-electron chi connectivity index (χ3n) is 3.23. The molecule has 1 aromatic carbocycles. The van der Waals surface area contributed by atoms with E-state index in [1.165, 1.54) is 4.90 Å². The highest BCUT2D eigenvalue weighted by Gasteiger charge is 2.17. The Bertz CT molecular complexity index is 530. The van der Waals surface area contributed by atoms with E-state index in [4.69, 9.17) is 11.6 Å². The molecular formula is C15H22ClN3O2. The van der Waals surface area contributed by atoms with Crippen LogP contribution in [-0.2, 0) is 0 Å². The number of amides is 3. The van der Waals surface area contributed by atoms with E-state index in [0.717, 1.165) is 0 Å². The fourth-order valence-corrected chi connectivity index (χ4v) is 1.75. The number of carbonyl (C=O) groups excluding carboxylic acids is 2. The van der Waals surface area contributed by atoms with Crippen LogP contribution in [0.2, 0.25) is 5.02 Å². The van der Waals surface area contributed by atoms with E-state index in [9.17, 15) is 9.59 Å². The predicted molar refractivity (Wildman–Crippen MR) is 85.9 cm³/mol. The van der Waals surface area contributed by atoms with E-state index in [2.05, 4.69) is 10.6 Å². The first-order chi connectivity index (χ1) is 9.72. The number of hydrogen-bond acceptors (Lipinski definition) is 2. The van der Waals surface area contributed by atoms with E-state index in [-0.39, 0.29) is 18.0 Å². The van der Waals surface area contributed by atoms with Crippen molar-refractivity contribution in [2.24, 2.45) is 5.92 Å². The molecular weight excluding hydrogens is 290 g/mol. The van der Waals surface area contributed by atoms with Crippen molar-refractivity contribution in [3.63, 3.8) is 0 Å². The van der Waals surface area contributed by atoms with Gasteiger partial charge in [-0.05, 0) is 31.0 Å². The van der Waals surface area contributed by atoms with E-state index >= 15 is 0 Å². The van der Waals surface area contributed by atoms with Crippen molar-refractivity contribution in [2.45, 2.75) is 26.8 Å². The first-order valence-corrected chi connectivity index (χ1v) is 7.19. The normalized spacial score (nSPS) is 12.0. The molecule has 0 radical (unpaired) electrons. The number of benzene rings is 1. The average molecular weight is 312 g/mol. The molecule has 3 amide bonds. The quantitative estimate of drug-likeness (QED) is 0.897. The molecule has 0 heterocycles. The Morgan fingerprint density at radius 2 is 1.81 bits per heavy atom. The van der Waals surface area contributed by atoms with Gasteiger partial charge in [-0.25, -0.2) is 4.79 Å². The molecule has 6 heteroatoms. The Hall–Kier alpha value is -1.75. The van der Waals surface area contributed by atoms with Gasteiger partial charge in [0.1, 0.15) is 0 Å². The molecule has 0 fully saturated rings. The minimum absolute atomic E-state index is 0.0252. The summed E-state index contributed by atoms with van der Waals surface area (Å²) in [6.45, 7) is 5.96. The van der Waals surface area contributed by atoms with Crippen LogP contribution in [0, 0.1) is 5.92 Å². The molecule has 1 aromatic rings. The minimum Gasteiger partial charge on any atom is -0.345 e. The number of nitrogens with one attached hydrogen (secondary N) is 2. The fraction of sp³-hybridized carbons (Fsp3) is 0.467. The van der Waals surface area contributed by atoms with Gasteiger partial charge in [0.25, 0.3) is 5.91 Å². The third-order valence-corrected chi connectivity index (χ3v) is 3.46. The summed E-state index contributed by atoms with van der Waals surface area (Å²) in [7, 11) is 3.31. The summed E-state index contributed by atoms with van der Waals surface area (Å²) in [6, 6.07) is 4.46. The summed E-state index contributed by atoms with van der Waals surface area (Å²) >= 11 is 5.94. The summed E-state index contributed by atoms with van der Waals surface area (Å²) in [4.78, 5) is 25.5. The summed E-state index contributed by atoms with van der Waals surface area (Å²) in [5.74, 6) is 0.122. The lowest BCUT2D eigenvalue weighted by molar-refractivity contribution is 0.0828. The lowest BCUT2D eigenvalue weighted by atomic mass is 10.1. The maximum Gasteiger partial charge on any atom is 0.319 e. The van der Waals surface area contributed by atoms with Gasteiger partial charge in [-0.3, -0.25) is 4.79 Å². The molecule has 0 aliphatic rings. The summed E-state index contributed by atoms with van der Waals surface area (Å²) in [5, 5.41) is 5.97.